The lowest BCUT2D eigenvalue weighted by molar-refractivity contribution is 0.153. The Kier molecular flexibility index (Phi) is 4.00. The molecular formula is C17H17BrFNO. The van der Waals surface area contributed by atoms with Gasteiger partial charge in [-0.3, -0.25) is 0 Å². The molecule has 2 atom stereocenters. The van der Waals surface area contributed by atoms with Crippen LogP contribution >= 0.6 is 15.9 Å². The lowest BCUT2D eigenvalue weighted by atomic mass is 9.91. The number of hydrogen-bond donors (Lipinski definition) is 1. The lowest BCUT2D eigenvalue weighted by Gasteiger charge is -2.33. The molecule has 1 heterocycles. The summed E-state index contributed by atoms with van der Waals surface area (Å²) >= 11 is 3.50. The first-order chi connectivity index (χ1) is 10.1. The van der Waals surface area contributed by atoms with Crippen molar-refractivity contribution in [1.82, 2.24) is 5.32 Å². The van der Waals surface area contributed by atoms with Gasteiger partial charge in [-0.1, -0.05) is 22.0 Å². The summed E-state index contributed by atoms with van der Waals surface area (Å²) in [5.74, 6) is 0.680. The first-order valence-electron chi connectivity index (χ1n) is 6.98. The Morgan fingerprint density at radius 2 is 2.00 bits per heavy atom. The van der Waals surface area contributed by atoms with Crippen LogP contribution in [0.4, 0.5) is 4.39 Å². The molecule has 21 heavy (non-hydrogen) atoms. The monoisotopic (exact) mass is 349 g/mol. The molecule has 0 radical (unpaired) electrons. The number of nitrogens with one attached hydrogen (secondary N) is 1. The Bertz CT molecular complexity index is 674. The highest BCUT2D eigenvalue weighted by Gasteiger charge is 2.29. The van der Waals surface area contributed by atoms with E-state index in [1.807, 2.05) is 32.2 Å². The van der Waals surface area contributed by atoms with E-state index in [9.17, 15) is 4.39 Å². The number of benzene rings is 2. The fourth-order valence-electron chi connectivity index (χ4n) is 2.91. The minimum atomic E-state index is -0.207. The normalized spacial score (nSPS) is 20.8. The third-order valence-corrected chi connectivity index (χ3v) is 4.49. The molecule has 2 aromatic carbocycles. The Hall–Kier alpha value is -1.39. The zero-order valence-corrected chi connectivity index (χ0v) is 13.6. The van der Waals surface area contributed by atoms with Gasteiger partial charge in [-0.05, 0) is 55.4 Å². The van der Waals surface area contributed by atoms with Crippen molar-refractivity contribution >= 4 is 15.9 Å². The summed E-state index contributed by atoms with van der Waals surface area (Å²) in [6.07, 6.45) is 0.767. The molecule has 110 valence electrons. The SMILES string of the molecule is CNC1CC(c2ccc(F)cc2C)Oc2ccc(Br)cc21. The summed E-state index contributed by atoms with van der Waals surface area (Å²) in [4.78, 5) is 0. The molecule has 2 nitrogen and oxygen atoms in total. The maximum atomic E-state index is 13.3. The summed E-state index contributed by atoms with van der Waals surface area (Å²) in [7, 11) is 1.95. The minimum absolute atomic E-state index is 0.0586. The van der Waals surface area contributed by atoms with Crippen LogP contribution in [0, 0.1) is 12.7 Å². The number of halogens is 2. The second-order valence-corrected chi connectivity index (χ2v) is 6.28. The zero-order valence-electron chi connectivity index (χ0n) is 12.0. The first-order valence-corrected chi connectivity index (χ1v) is 7.77. The van der Waals surface area contributed by atoms with Crippen molar-refractivity contribution in [2.45, 2.75) is 25.5 Å². The third kappa shape index (κ3) is 2.83. The van der Waals surface area contributed by atoms with Crippen molar-refractivity contribution in [3.8, 4) is 5.75 Å². The summed E-state index contributed by atoms with van der Waals surface area (Å²) in [5.41, 5.74) is 3.13. The van der Waals surface area contributed by atoms with E-state index in [4.69, 9.17) is 4.74 Å². The highest BCUT2D eigenvalue weighted by atomic mass is 79.9. The molecule has 2 unspecified atom stereocenters. The van der Waals surface area contributed by atoms with Crippen molar-refractivity contribution in [1.29, 1.82) is 0 Å². The second-order valence-electron chi connectivity index (χ2n) is 5.37. The van der Waals surface area contributed by atoms with Gasteiger partial charge in [0.15, 0.2) is 0 Å². The molecule has 0 aliphatic carbocycles. The average molecular weight is 350 g/mol. The molecule has 3 rings (SSSR count). The smallest absolute Gasteiger partial charge is 0.126 e. The van der Waals surface area contributed by atoms with Crippen LogP contribution in [-0.4, -0.2) is 7.05 Å². The van der Waals surface area contributed by atoms with Gasteiger partial charge in [0.2, 0.25) is 0 Å². The Labute approximate surface area is 132 Å². The number of aryl methyl sites for hydroxylation is 1. The van der Waals surface area contributed by atoms with Gasteiger partial charge in [-0.2, -0.15) is 0 Å². The van der Waals surface area contributed by atoms with Gasteiger partial charge in [0.1, 0.15) is 17.7 Å². The molecule has 2 aromatic rings. The molecule has 4 heteroatoms. The highest BCUT2D eigenvalue weighted by molar-refractivity contribution is 9.10. The van der Waals surface area contributed by atoms with Gasteiger partial charge >= 0.3 is 0 Å². The number of fused-ring (bicyclic) bond motifs is 1. The fraction of sp³-hybridized carbons (Fsp3) is 0.294. The maximum absolute atomic E-state index is 13.3. The van der Waals surface area contributed by atoms with E-state index in [2.05, 4.69) is 27.3 Å². The molecule has 0 bridgehead atoms. The molecule has 0 fully saturated rings. The van der Waals surface area contributed by atoms with E-state index in [-0.39, 0.29) is 18.0 Å². The largest absolute Gasteiger partial charge is 0.485 e. The Morgan fingerprint density at radius 3 is 2.71 bits per heavy atom. The number of rotatable bonds is 2. The molecule has 0 saturated carbocycles. The fourth-order valence-corrected chi connectivity index (χ4v) is 3.28. The van der Waals surface area contributed by atoms with Crippen LogP contribution in [0.5, 0.6) is 5.75 Å². The molecule has 0 aromatic heterocycles. The summed E-state index contributed by atoms with van der Waals surface area (Å²) in [6.45, 7) is 1.92. The van der Waals surface area contributed by atoms with Crippen molar-refractivity contribution in [3.05, 3.63) is 63.4 Å². The summed E-state index contributed by atoms with van der Waals surface area (Å²) < 4.78 is 20.5. The molecule has 1 aliphatic rings. The van der Waals surface area contributed by atoms with Crippen LogP contribution in [0.25, 0.3) is 0 Å². The number of hydrogen-bond acceptors (Lipinski definition) is 2. The predicted molar refractivity (Wildman–Crippen MR) is 85.1 cm³/mol. The molecular weight excluding hydrogens is 333 g/mol. The summed E-state index contributed by atoms with van der Waals surface area (Å²) in [6, 6.07) is 11.2. The molecule has 1 aliphatic heterocycles. The predicted octanol–water partition coefficient (Wildman–Crippen LogP) is 4.68. The van der Waals surface area contributed by atoms with Gasteiger partial charge < -0.3 is 10.1 Å². The third-order valence-electron chi connectivity index (χ3n) is 3.99. The Balaban J connectivity index is 1.98. The van der Waals surface area contributed by atoms with Crippen LogP contribution in [0.2, 0.25) is 0 Å². The van der Waals surface area contributed by atoms with E-state index in [1.54, 1.807) is 6.07 Å². The first kappa shape index (κ1) is 14.5. The molecule has 0 amide bonds. The van der Waals surface area contributed by atoms with Crippen LogP contribution in [-0.2, 0) is 0 Å². The average Bonchev–Trinajstić information content (AvgIpc) is 2.46. The maximum Gasteiger partial charge on any atom is 0.126 e. The van der Waals surface area contributed by atoms with E-state index >= 15 is 0 Å². The van der Waals surface area contributed by atoms with Gasteiger partial charge in [0, 0.05) is 22.5 Å². The van der Waals surface area contributed by atoms with Crippen LogP contribution in [0.1, 0.15) is 35.3 Å². The summed E-state index contributed by atoms with van der Waals surface area (Å²) in [5, 5.41) is 3.34. The quantitative estimate of drug-likeness (QED) is 0.849. The lowest BCUT2D eigenvalue weighted by Crippen LogP contribution is -2.27. The molecule has 1 N–H and O–H groups in total. The van der Waals surface area contributed by atoms with Crippen molar-refractivity contribution in [2.24, 2.45) is 0 Å². The minimum Gasteiger partial charge on any atom is -0.485 e. The van der Waals surface area contributed by atoms with Crippen molar-refractivity contribution in [2.75, 3.05) is 7.05 Å². The van der Waals surface area contributed by atoms with Gasteiger partial charge in [-0.25, -0.2) is 4.39 Å². The van der Waals surface area contributed by atoms with Crippen LogP contribution in [0.3, 0.4) is 0 Å². The topological polar surface area (TPSA) is 21.3 Å². The van der Waals surface area contributed by atoms with Gasteiger partial charge in [-0.15, -0.1) is 0 Å². The van der Waals surface area contributed by atoms with Gasteiger partial charge in [0.25, 0.3) is 0 Å². The van der Waals surface area contributed by atoms with E-state index in [0.29, 0.717) is 0 Å². The molecule has 0 spiro atoms. The van der Waals surface area contributed by atoms with E-state index in [0.717, 1.165) is 33.3 Å². The van der Waals surface area contributed by atoms with Crippen LogP contribution in [0.15, 0.2) is 40.9 Å². The van der Waals surface area contributed by atoms with Crippen molar-refractivity contribution in [3.63, 3.8) is 0 Å². The van der Waals surface area contributed by atoms with Gasteiger partial charge in [0.05, 0.1) is 0 Å². The highest BCUT2D eigenvalue weighted by Crippen LogP contribution is 2.42. The second kappa shape index (κ2) is 5.78. The molecule has 0 saturated heterocycles. The zero-order chi connectivity index (χ0) is 15.0. The van der Waals surface area contributed by atoms with Crippen LogP contribution < -0.4 is 10.1 Å². The Morgan fingerprint density at radius 1 is 1.19 bits per heavy atom. The number of ether oxygens (including phenoxy) is 1. The van der Waals surface area contributed by atoms with E-state index in [1.165, 1.54) is 6.07 Å². The van der Waals surface area contributed by atoms with Crippen molar-refractivity contribution < 1.29 is 9.13 Å². The van der Waals surface area contributed by atoms with E-state index < -0.39 is 0 Å². The standard InChI is InChI=1S/C17H17BrFNO/c1-10-7-12(19)4-5-13(10)17-9-15(20-2)14-8-11(18)3-6-16(14)21-17/h3-8,15,17,20H,9H2,1-2H3.